The zero-order chi connectivity index (χ0) is 21.0. The molecular weight excluding hydrogens is 384 g/mol. The molecule has 2 aromatic rings. The zero-order valence-electron chi connectivity index (χ0n) is 18.5. The van der Waals surface area contributed by atoms with Crippen LogP contribution in [0.5, 0.6) is 0 Å². The van der Waals surface area contributed by atoms with Crippen LogP contribution < -0.4 is 10.1 Å². The third-order valence-electron chi connectivity index (χ3n) is 6.96. The van der Waals surface area contributed by atoms with E-state index in [2.05, 4.69) is 89.9 Å². The van der Waals surface area contributed by atoms with E-state index in [4.69, 9.17) is 9.68 Å². The maximum Gasteiger partial charge on any atom is 0.0930 e. The molecule has 5 rings (SSSR count). The molecule has 2 aliphatic heterocycles. The molecule has 0 amide bonds. The van der Waals surface area contributed by atoms with Crippen molar-refractivity contribution in [1.82, 2.24) is 0 Å². The summed E-state index contributed by atoms with van der Waals surface area (Å²) in [6.45, 7) is 2.26. The summed E-state index contributed by atoms with van der Waals surface area (Å²) in [5, 5.41) is 4.37. The van der Waals surface area contributed by atoms with Crippen molar-refractivity contribution in [3.63, 3.8) is 0 Å². The number of allylic oxidation sites excluding steroid dienone is 1. The normalized spacial score (nSPS) is 30.0. The summed E-state index contributed by atoms with van der Waals surface area (Å²) in [4.78, 5) is 13.1. The zero-order valence-corrected chi connectivity index (χ0v) is 18.5. The Morgan fingerprint density at radius 3 is 2.29 bits per heavy atom. The highest BCUT2D eigenvalue weighted by molar-refractivity contribution is 5.49. The van der Waals surface area contributed by atoms with Gasteiger partial charge in [-0.25, -0.2) is 5.06 Å². The van der Waals surface area contributed by atoms with Crippen molar-refractivity contribution in [1.29, 1.82) is 0 Å². The SMILES string of the molecule is CCCCC/C=C/C1[C@@H]2[C@H]3C[C@@H](CC[C@H]2ON1c1ccccc1)ON3c1ccccc1. The molecular formula is C27H34N2O2. The van der Waals surface area contributed by atoms with Gasteiger partial charge in [-0.2, -0.15) is 0 Å². The minimum atomic E-state index is 0.214. The molecule has 2 bridgehead atoms. The van der Waals surface area contributed by atoms with Gasteiger partial charge in [0, 0.05) is 5.92 Å². The Bertz CT molecular complexity index is 856. The highest BCUT2D eigenvalue weighted by Crippen LogP contribution is 2.46. The van der Waals surface area contributed by atoms with Crippen LogP contribution in [0.15, 0.2) is 72.8 Å². The molecule has 2 heterocycles. The van der Waals surface area contributed by atoms with E-state index in [1.54, 1.807) is 0 Å². The lowest BCUT2D eigenvalue weighted by atomic mass is 9.85. The lowest BCUT2D eigenvalue weighted by Gasteiger charge is -2.34. The Balaban J connectivity index is 1.46. The van der Waals surface area contributed by atoms with Crippen LogP contribution in [-0.4, -0.2) is 24.3 Å². The Morgan fingerprint density at radius 2 is 1.58 bits per heavy atom. The van der Waals surface area contributed by atoms with Gasteiger partial charge in [0.1, 0.15) is 0 Å². The maximum absolute atomic E-state index is 6.66. The van der Waals surface area contributed by atoms with Gasteiger partial charge in [-0.05, 0) is 56.4 Å². The molecule has 31 heavy (non-hydrogen) atoms. The van der Waals surface area contributed by atoms with Crippen molar-refractivity contribution in [2.24, 2.45) is 5.92 Å². The number of fused-ring (bicyclic) bond motifs is 4. The van der Waals surface area contributed by atoms with E-state index in [0.29, 0.717) is 18.1 Å². The minimum Gasteiger partial charge on any atom is -0.270 e. The van der Waals surface area contributed by atoms with Crippen LogP contribution in [0.3, 0.4) is 0 Å². The molecule has 0 N–H and O–H groups in total. The van der Waals surface area contributed by atoms with Gasteiger partial charge in [0.15, 0.2) is 0 Å². The Hall–Kier alpha value is -2.30. The van der Waals surface area contributed by atoms with Crippen LogP contribution in [0.4, 0.5) is 11.4 Å². The van der Waals surface area contributed by atoms with E-state index in [9.17, 15) is 0 Å². The van der Waals surface area contributed by atoms with E-state index in [0.717, 1.165) is 37.1 Å². The molecule has 1 saturated carbocycles. The molecule has 4 heteroatoms. The first-order valence-electron chi connectivity index (χ1n) is 12.0. The number of benzene rings is 2. The molecule has 0 spiro atoms. The topological polar surface area (TPSA) is 24.9 Å². The molecule has 4 nitrogen and oxygen atoms in total. The fraction of sp³-hybridized carbons (Fsp3) is 0.481. The Labute approximate surface area is 186 Å². The smallest absolute Gasteiger partial charge is 0.0930 e. The monoisotopic (exact) mass is 418 g/mol. The van der Waals surface area contributed by atoms with Gasteiger partial charge in [0.25, 0.3) is 0 Å². The molecule has 3 fully saturated rings. The third-order valence-corrected chi connectivity index (χ3v) is 6.96. The summed E-state index contributed by atoms with van der Waals surface area (Å²) in [7, 11) is 0. The average Bonchev–Trinajstić information content (AvgIpc) is 3.34. The molecule has 5 atom stereocenters. The first-order chi connectivity index (χ1) is 15.3. The van der Waals surface area contributed by atoms with E-state index in [1.807, 2.05) is 0 Å². The fourth-order valence-corrected chi connectivity index (χ4v) is 5.45. The summed E-state index contributed by atoms with van der Waals surface area (Å²) in [6.07, 6.45) is 13.4. The number of hydrogen-bond donors (Lipinski definition) is 0. The van der Waals surface area contributed by atoms with Crippen molar-refractivity contribution >= 4 is 11.4 Å². The van der Waals surface area contributed by atoms with Crippen molar-refractivity contribution in [3.05, 3.63) is 72.8 Å². The molecule has 164 valence electrons. The molecule has 2 saturated heterocycles. The summed E-state index contributed by atoms with van der Waals surface area (Å²) < 4.78 is 0. The lowest BCUT2D eigenvalue weighted by molar-refractivity contribution is 0.0170. The summed E-state index contributed by atoms with van der Waals surface area (Å²) >= 11 is 0. The fourth-order valence-electron chi connectivity index (χ4n) is 5.45. The van der Waals surface area contributed by atoms with Crippen molar-refractivity contribution in [2.45, 2.75) is 76.2 Å². The number of rotatable bonds is 7. The molecule has 3 aliphatic rings. The second-order valence-electron chi connectivity index (χ2n) is 9.07. The van der Waals surface area contributed by atoms with Gasteiger partial charge in [0.2, 0.25) is 0 Å². The largest absolute Gasteiger partial charge is 0.270 e. The highest BCUT2D eigenvalue weighted by atomic mass is 16.7. The molecule has 2 aromatic carbocycles. The summed E-state index contributed by atoms with van der Waals surface area (Å²) in [5.74, 6) is 0.371. The predicted molar refractivity (Wildman–Crippen MR) is 126 cm³/mol. The highest BCUT2D eigenvalue weighted by Gasteiger charge is 2.53. The number of hydroxylamine groups is 2. The van der Waals surface area contributed by atoms with E-state index in [1.165, 1.54) is 19.3 Å². The Kier molecular flexibility index (Phi) is 6.28. The van der Waals surface area contributed by atoms with E-state index >= 15 is 0 Å². The maximum atomic E-state index is 6.66. The van der Waals surface area contributed by atoms with Gasteiger partial charge < -0.3 is 0 Å². The number of hydrogen-bond acceptors (Lipinski definition) is 4. The number of nitrogens with zero attached hydrogens (tertiary/aromatic N) is 2. The van der Waals surface area contributed by atoms with Gasteiger partial charge >= 0.3 is 0 Å². The first-order valence-corrected chi connectivity index (χ1v) is 12.0. The van der Waals surface area contributed by atoms with Gasteiger partial charge in [0.05, 0.1) is 35.7 Å². The number of unbranched alkanes of at least 4 members (excludes halogenated alkanes) is 3. The van der Waals surface area contributed by atoms with Crippen LogP contribution >= 0.6 is 0 Å². The summed E-state index contributed by atoms with van der Waals surface area (Å²) in [5.41, 5.74) is 2.29. The van der Waals surface area contributed by atoms with Gasteiger partial charge in [-0.3, -0.25) is 14.7 Å². The molecule has 0 aromatic heterocycles. The molecule has 0 radical (unpaired) electrons. The lowest BCUT2D eigenvalue weighted by Crippen LogP contribution is -2.44. The van der Waals surface area contributed by atoms with Crippen LogP contribution in [-0.2, 0) is 9.68 Å². The standard InChI is InChI=1S/C27H34N2O2/c1-2-3-4-5-12-17-24-27-25-20-23(30-29(25)22-15-10-7-11-16-22)18-19-26(27)31-28(24)21-13-8-6-9-14-21/h6-17,23-27H,2-5,18-20H2,1H3/b17-12+/t23-,24?,25-,26-,27-/m1/s1. The van der Waals surface area contributed by atoms with Crippen LogP contribution in [0.2, 0.25) is 0 Å². The van der Waals surface area contributed by atoms with E-state index < -0.39 is 0 Å². The second-order valence-corrected chi connectivity index (χ2v) is 9.07. The van der Waals surface area contributed by atoms with Crippen LogP contribution in [0.25, 0.3) is 0 Å². The quantitative estimate of drug-likeness (QED) is 0.389. The van der Waals surface area contributed by atoms with Crippen LogP contribution in [0.1, 0.15) is 51.9 Å². The number of anilines is 2. The second kappa shape index (κ2) is 9.46. The average molecular weight is 419 g/mol. The van der Waals surface area contributed by atoms with Crippen LogP contribution in [0, 0.1) is 5.92 Å². The van der Waals surface area contributed by atoms with Crippen molar-refractivity contribution < 1.29 is 9.68 Å². The summed E-state index contributed by atoms with van der Waals surface area (Å²) in [6, 6.07) is 21.7. The van der Waals surface area contributed by atoms with Gasteiger partial charge in [-0.1, -0.05) is 68.3 Å². The van der Waals surface area contributed by atoms with E-state index in [-0.39, 0.29) is 12.1 Å². The number of para-hydroxylation sites is 2. The minimum absolute atomic E-state index is 0.214. The first kappa shape index (κ1) is 20.6. The molecule has 1 aliphatic carbocycles. The van der Waals surface area contributed by atoms with Crippen molar-refractivity contribution in [2.75, 3.05) is 10.1 Å². The Morgan fingerprint density at radius 1 is 0.871 bits per heavy atom. The van der Waals surface area contributed by atoms with Crippen molar-refractivity contribution in [3.8, 4) is 0 Å². The van der Waals surface area contributed by atoms with Gasteiger partial charge in [-0.15, -0.1) is 0 Å². The molecule has 1 unspecified atom stereocenters. The predicted octanol–water partition coefficient (Wildman–Crippen LogP) is 6.30. The third kappa shape index (κ3) is 4.24.